The average Bonchev–Trinajstić information content (AvgIpc) is 3.11. The van der Waals surface area contributed by atoms with Crippen molar-refractivity contribution in [3.8, 4) is 0 Å². The first-order chi connectivity index (χ1) is 12.4. The highest BCUT2D eigenvalue weighted by atomic mass is 16.6. The van der Waals surface area contributed by atoms with Crippen molar-refractivity contribution in [1.29, 1.82) is 0 Å². The van der Waals surface area contributed by atoms with Gasteiger partial charge in [-0.3, -0.25) is 10.1 Å². The number of hydrogen-bond acceptors (Lipinski definition) is 6. The molecule has 2 atom stereocenters. The van der Waals surface area contributed by atoms with Crippen molar-refractivity contribution in [2.24, 2.45) is 0 Å². The summed E-state index contributed by atoms with van der Waals surface area (Å²) in [6, 6.07) is 8.98. The summed E-state index contributed by atoms with van der Waals surface area (Å²) in [6.07, 6.45) is 0.626. The smallest absolute Gasteiger partial charge is 0.269 e. The molecular formula is C19H21NO6. The molecule has 138 valence electrons. The second kappa shape index (κ2) is 9.12. The molecule has 2 rings (SSSR count). The lowest BCUT2D eigenvalue weighted by atomic mass is 10.0. The van der Waals surface area contributed by atoms with Gasteiger partial charge in [-0.05, 0) is 48.4 Å². The van der Waals surface area contributed by atoms with E-state index in [0.717, 1.165) is 5.57 Å². The molecule has 26 heavy (non-hydrogen) atoms. The summed E-state index contributed by atoms with van der Waals surface area (Å²) in [5, 5.41) is 39.8. The van der Waals surface area contributed by atoms with Crippen molar-refractivity contribution in [3.05, 3.63) is 81.0 Å². The Morgan fingerprint density at radius 2 is 1.92 bits per heavy atom. The Bertz CT molecular complexity index is 802. The van der Waals surface area contributed by atoms with Crippen molar-refractivity contribution in [2.75, 3.05) is 0 Å². The minimum Gasteiger partial charge on any atom is -0.461 e. The predicted octanol–water partition coefficient (Wildman–Crippen LogP) is 3.33. The van der Waals surface area contributed by atoms with Crippen LogP contribution < -0.4 is 0 Å². The number of nitrogens with zero attached hydrogens (tertiary/aromatic N) is 1. The molecule has 0 aliphatic carbocycles. The Labute approximate surface area is 150 Å². The van der Waals surface area contributed by atoms with Gasteiger partial charge in [0.2, 0.25) is 0 Å². The van der Waals surface area contributed by atoms with Crippen molar-refractivity contribution >= 4 is 5.69 Å². The van der Waals surface area contributed by atoms with E-state index in [2.05, 4.69) is 5.73 Å². The molecule has 7 heteroatoms. The van der Waals surface area contributed by atoms with E-state index in [1.165, 1.54) is 24.3 Å². The molecule has 1 aromatic carbocycles. The molecule has 0 amide bonds. The van der Waals surface area contributed by atoms with Gasteiger partial charge >= 0.3 is 0 Å². The molecule has 3 N–H and O–H groups in total. The molecule has 0 fully saturated rings. The molecule has 2 aromatic rings. The fraction of sp³-hybridized carbons (Fsp3) is 0.316. The molecule has 7 nitrogen and oxygen atoms in total. The summed E-state index contributed by atoms with van der Waals surface area (Å²) in [4.78, 5) is 10.2. The first-order valence-electron chi connectivity index (χ1n) is 8.11. The number of aliphatic hydroxyl groups excluding tert-OH is 3. The molecular weight excluding hydrogens is 338 g/mol. The van der Waals surface area contributed by atoms with Crippen molar-refractivity contribution < 1.29 is 24.7 Å². The van der Waals surface area contributed by atoms with Crippen LogP contribution in [0, 0.1) is 10.1 Å². The quantitative estimate of drug-likeness (QED) is 0.378. The molecule has 0 spiro atoms. The molecule has 0 radical (unpaired) electrons. The summed E-state index contributed by atoms with van der Waals surface area (Å²) in [7, 11) is 0. The fourth-order valence-corrected chi connectivity index (χ4v) is 2.40. The SMILES string of the molecule is CC(=C=CC[C@@H](O)c1ccc(CO)o1)C[C@@H](O)c1ccc([N+](=O)[O-])cc1. The molecule has 0 saturated heterocycles. The number of non-ortho nitro benzene ring substituents is 1. The third kappa shape index (κ3) is 5.40. The van der Waals surface area contributed by atoms with Crippen molar-refractivity contribution in [2.45, 2.75) is 38.6 Å². The maximum absolute atomic E-state index is 10.6. The minimum atomic E-state index is -0.838. The first kappa shape index (κ1) is 19.6. The minimum absolute atomic E-state index is 0.0237. The molecule has 1 aromatic heterocycles. The first-order valence-corrected chi connectivity index (χ1v) is 8.11. The number of aliphatic hydroxyl groups is 3. The van der Waals surface area contributed by atoms with Gasteiger partial charge < -0.3 is 19.7 Å². The molecule has 1 heterocycles. The van der Waals surface area contributed by atoms with E-state index >= 15 is 0 Å². The van der Waals surface area contributed by atoms with E-state index in [1.807, 2.05) is 0 Å². The van der Waals surface area contributed by atoms with Gasteiger partial charge in [0.15, 0.2) is 0 Å². The fourth-order valence-electron chi connectivity index (χ4n) is 2.40. The zero-order chi connectivity index (χ0) is 19.1. The maximum Gasteiger partial charge on any atom is 0.269 e. The second-order valence-electron chi connectivity index (χ2n) is 5.91. The lowest BCUT2D eigenvalue weighted by Gasteiger charge is -2.10. The van der Waals surface area contributed by atoms with Crippen LogP contribution in [0.1, 0.15) is 49.1 Å². The number of nitro benzene ring substituents is 1. The molecule has 0 unspecified atom stereocenters. The summed E-state index contributed by atoms with van der Waals surface area (Å²) >= 11 is 0. The van der Waals surface area contributed by atoms with Crippen LogP contribution in [0.15, 0.2) is 58.2 Å². The Balaban J connectivity index is 1.93. The Hall–Kier alpha value is -2.70. The van der Waals surface area contributed by atoms with Crippen LogP contribution >= 0.6 is 0 Å². The Morgan fingerprint density at radius 1 is 1.23 bits per heavy atom. The number of rotatable bonds is 8. The van der Waals surface area contributed by atoms with Crippen LogP contribution in [0.3, 0.4) is 0 Å². The highest BCUT2D eigenvalue weighted by molar-refractivity contribution is 5.34. The molecule has 0 saturated carbocycles. The zero-order valence-corrected chi connectivity index (χ0v) is 14.3. The largest absolute Gasteiger partial charge is 0.461 e. The molecule has 0 aliphatic rings. The number of benzene rings is 1. The van der Waals surface area contributed by atoms with E-state index < -0.39 is 17.1 Å². The van der Waals surface area contributed by atoms with Crippen molar-refractivity contribution in [3.63, 3.8) is 0 Å². The summed E-state index contributed by atoms with van der Waals surface area (Å²) in [5.41, 5.74) is 4.35. The third-order valence-electron chi connectivity index (χ3n) is 3.84. The van der Waals surface area contributed by atoms with E-state index in [1.54, 1.807) is 25.1 Å². The van der Waals surface area contributed by atoms with Gasteiger partial charge in [-0.1, -0.05) is 0 Å². The van der Waals surface area contributed by atoms with E-state index in [-0.39, 0.29) is 18.7 Å². The Morgan fingerprint density at radius 3 is 2.50 bits per heavy atom. The Kier molecular flexibility index (Phi) is 6.89. The zero-order valence-electron chi connectivity index (χ0n) is 14.3. The maximum atomic E-state index is 10.6. The highest BCUT2D eigenvalue weighted by Crippen LogP contribution is 2.23. The average molecular weight is 359 g/mol. The predicted molar refractivity (Wildman–Crippen MR) is 94.2 cm³/mol. The number of nitro groups is 1. The number of furan rings is 1. The summed E-state index contributed by atoms with van der Waals surface area (Å²) in [5.74, 6) is 0.761. The van der Waals surface area contributed by atoms with Gasteiger partial charge in [-0.25, -0.2) is 0 Å². The van der Waals surface area contributed by atoms with Gasteiger partial charge in [0.05, 0.1) is 11.0 Å². The van der Waals surface area contributed by atoms with Crippen LogP contribution in [0.4, 0.5) is 5.69 Å². The third-order valence-corrected chi connectivity index (χ3v) is 3.84. The standard InChI is InChI=1S/C19H21NO6/c1-13(3-2-4-17(22)19-10-9-16(12-21)26-19)11-18(23)14-5-7-15(8-6-14)20(24)25/h2,5-10,17-18,21-23H,4,11-12H2,1H3/t3?,17-,18-/m1/s1. The lowest BCUT2D eigenvalue weighted by molar-refractivity contribution is -0.384. The van der Waals surface area contributed by atoms with Gasteiger partial charge in [0.1, 0.15) is 24.2 Å². The van der Waals surface area contributed by atoms with Crippen LogP contribution in [0.5, 0.6) is 0 Å². The topological polar surface area (TPSA) is 117 Å². The highest BCUT2D eigenvalue weighted by Gasteiger charge is 2.12. The lowest BCUT2D eigenvalue weighted by Crippen LogP contribution is -1.98. The molecule has 0 bridgehead atoms. The summed E-state index contributed by atoms with van der Waals surface area (Å²) < 4.78 is 5.26. The van der Waals surface area contributed by atoms with Gasteiger partial charge in [0, 0.05) is 25.0 Å². The van der Waals surface area contributed by atoms with Crippen LogP contribution in [0.25, 0.3) is 0 Å². The second-order valence-corrected chi connectivity index (χ2v) is 5.91. The normalized spacial score (nSPS) is 12.9. The van der Waals surface area contributed by atoms with Crippen LogP contribution in [0.2, 0.25) is 0 Å². The summed E-state index contributed by atoms with van der Waals surface area (Å²) in [6.45, 7) is 1.58. The monoisotopic (exact) mass is 359 g/mol. The van der Waals surface area contributed by atoms with Gasteiger partial charge in [0.25, 0.3) is 5.69 Å². The van der Waals surface area contributed by atoms with E-state index in [4.69, 9.17) is 9.52 Å². The van der Waals surface area contributed by atoms with Crippen LogP contribution in [-0.2, 0) is 6.61 Å². The van der Waals surface area contributed by atoms with Crippen molar-refractivity contribution in [1.82, 2.24) is 0 Å². The molecule has 0 aliphatic heterocycles. The van der Waals surface area contributed by atoms with E-state index in [9.17, 15) is 20.3 Å². The number of hydrogen-bond donors (Lipinski definition) is 3. The van der Waals surface area contributed by atoms with Gasteiger partial charge in [-0.15, -0.1) is 5.73 Å². The van der Waals surface area contributed by atoms with Crippen LogP contribution in [-0.4, -0.2) is 20.2 Å². The van der Waals surface area contributed by atoms with Gasteiger partial charge in [-0.2, -0.15) is 0 Å². The van der Waals surface area contributed by atoms with E-state index in [0.29, 0.717) is 23.5 Å².